The number of hydrazine groups is 1. The fourth-order valence-corrected chi connectivity index (χ4v) is 4.26. The average Bonchev–Trinajstić information content (AvgIpc) is 3.25. The summed E-state index contributed by atoms with van der Waals surface area (Å²) < 4.78 is 1.89. The third-order valence-corrected chi connectivity index (χ3v) is 6.25. The number of ketones is 1. The van der Waals surface area contributed by atoms with Crippen molar-refractivity contribution in [3.8, 4) is 0 Å². The number of nitrogens with zero attached hydrogens (tertiary/aromatic N) is 4. The van der Waals surface area contributed by atoms with Crippen LogP contribution in [0.2, 0.25) is 0 Å². The van der Waals surface area contributed by atoms with Gasteiger partial charge in [-0.3, -0.25) is 20.8 Å². The molecule has 0 saturated carbocycles. The molecule has 4 aromatic rings. The molecular weight excluding hydrogens is 442 g/mol. The molecular formula is C27H29N5O3. The second-order valence-corrected chi connectivity index (χ2v) is 9.46. The van der Waals surface area contributed by atoms with Gasteiger partial charge in [0.25, 0.3) is 5.69 Å². The number of nitro groups is 1. The molecule has 0 amide bonds. The summed E-state index contributed by atoms with van der Waals surface area (Å²) in [6.07, 6.45) is 3.59. The number of benzene rings is 3. The van der Waals surface area contributed by atoms with E-state index in [0.717, 1.165) is 27.6 Å². The standard InChI is InChI=1S/C27H29N5O3/c1-27(2,18-31(28)17-22-8-5-7-21-6-3-4-9-25(21)22)26(33)14-24-15-29-19-30(24)16-20-10-12-23(13-11-20)32(34)35/h3-13,15,19H,14,16-18,28H2,1-2H3. The van der Waals surface area contributed by atoms with Crippen molar-refractivity contribution < 1.29 is 9.72 Å². The lowest BCUT2D eigenvalue weighted by atomic mass is 9.85. The van der Waals surface area contributed by atoms with Crippen molar-refractivity contribution in [3.05, 3.63) is 106 Å². The Morgan fingerprint density at radius 2 is 1.80 bits per heavy atom. The molecule has 4 rings (SSSR count). The van der Waals surface area contributed by atoms with E-state index in [9.17, 15) is 14.9 Å². The molecule has 0 aliphatic rings. The van der Waals surface area contributed by atoms with Crippen LogP contribution in [0.25, 0.3) is 10.8 Å². The molecule has 35 heavy (non-hydrogen) atoms. The van der Waals surface area contributed by atoms with Crippen LogP contribution in [0, 0.1) is 15.5 Å². The van der Waals surface area contributed by atoms with Crippen LogP contribution in [-0.4, -0.2) is 31.8 Å². The second-order valence-electron chi connectivity index (χ2n) is 9.46. The Hall–Kier alpha value is -3.88. The van der Waals surface area contributed by atoms with E-state index in [0.29, 0.717) is 19.6 Å². The molecule has 8 heteroatoms. The molecule has 0 atom stereocenters. The van der Waals surface area contributed by atoms with Gasteiger partial charge in [0, 0.05) is 55.5 Å². The van der Waals surface area contributed by atoms with Crippen LogP contribution in [0.15, 0.2) is 79.3 Å². The van der Waals surface area contributed by atoms with Crippen LogP contribution < -0.4 is 5.84 Å². The van der Waals surface area contributed by atoms with Gasteiger partial charge in [-0.1, -0.05) is 68.4 Å². The Balaban J connectivity index is 1.40. The molecule has 0 spiro atoms. The number of hydrogen-bond acceptors (Lipinski definition) is 6. The van der Waals surface area contributed by atoms with Crippen LogP contribution in [0.4, 0.5) is 5.69 Å². The van der Waals surface area contributed by atoms with Crippen molar-refractivity contribution in [2.45, 2.75) is 33.4 Å². The first-order valence-electron chi connectivity index (χ1n) is 11.4. The summed E-state index contributed by atoms with van der Waals surface area (Å²) in [5.41, 5.74) is 2.19. The molecule has 0 aliphatic heterocycles. The molecule has 8 nitrogen and oxygen atoms in total. The van der Waals surface area contributed by atoms with E-state index in [1.807, 2.05) is 36.6 Å². The van der Waals surface area contributed by atoms with Crippen molar-refractivity contribution in [2.75, 3.05) is 6.54 Å². The third-order valence-electron chi connectivity index (χ3n) is 6.25. The molecule has 1 aromatic heterocycles. The Morgan fingerprint density at radius 1 is 1.09 bits per heavy atom. The lowest BCUT2D eigenvalue weighted by Crippen LogP contribution is -2.43. The quantitative estimate of drug-likeness (QED) is 0.207. The first-order chi connectivity index (χ1) is 16.7. The minimum atomic E-state index is -0.665. The van der Waals surface area contributed by atoms with Gasteiger partial charge < -0.3 is 4.57 Å². The molecule has 0 unspecified atom stereocenters. The first-order valence-corrected chi connectivity index (χ1v) is 11.4. The number of carbonyl (C=O) groups excluding carboxylic acids is 1. The fraction of sp³-hybridized carbons (Fsp3) is 0.259. The molecule has 0 radical (unpaired) electrons. The molecule has 0 saturated heterocycles. The number of hydrogen-bond donors (Lipinski definition) is 1. The normalized spacial score (nSPS) is 11.8. The van der Waals surface area contributed by atoms with Crippen molar-refractivity contribution in [2.24, 2.45) is 11.3 Å². The van der Waals surface area contributed by atoms with Crippen LogP contribution in [0.3, 0.4) is 0 Å². The van der Waals surface area contributed by atoms with E-state index in [1.54, 1.807) is 29.7 Å². The Kier molecular flexibility index (Phi) is 7.04. The molecule has 0 fully saturated rings. The molecule has 0 bridgehead atoms. The summed E-state index contributed by atoms with van der Waals surface area (Å²) in [5.74, 6) is 6.44. The van der Waals surface area contributed by atoms with E-state index in [-0.39, 0.29) is 17.9 Å². The predicted octanol–water partition coefficient (Wildman–Crippen LogP) is 4.51. The lowest BCUT2D eigenvalue weighted by Gasteiger charge is -2.29. The summed E-state index contributed by atoms with van der Waals surface area (Å²) in [6, 6.07) is 20.7. The zero-order valence-electron chi connectivity index (χ0n) is 19.9. The number of imidazole rings is 1. The topological polar surface area (TPSA) is 107 Å². The fourth-order valence-electron chi connectivity index (χ4n) is 4.26. The summed E-state index contributed by atoms with van der Waals surface area (Å²) in [5, 5.41) is 14.9. The molecule has 180 valence electrons. The SMILES string of the molecule is CC(C)(CN(N)Cc1cccc2ccccc12)C(=O)Cc1cncn1Cc1ccc([N+](=O)[O-])cc1. The van der Waals surface area contributed by atoms with E-state index in [2.05, 4.69) is 29.2 Å². The highest BCUT2D eigenvalue weighted by atomic mass is 16.6. The maximum atomic E-state index is 13.3. The van der Waals surface area contributed by atoms with Crippen molar-refractivity contribution in [1.29, 1.82) is 0 Å². The van der Waals surface area contributed by atoms with Crippen LogP contribution in [0.5, 0.6) is 0 Å². The van der Waals surface area contributed by atoms with Crippen LogP contribution in [0.1, 0.15) is 30.7 Å². The van der Waals surface area contributed by atoms with Gasteiger partial charge in [-0.05, 0) is 21.9 Å². The average molecular weight is 472 g/mol. The van der Waals surface area contributed by atoms with Crippen molar-refractivity contribution in [3.63, 3.8) is 0 Å². The summed E-state index contributed by atoms with van der Waals surface area (Å²) in [7, 11) is 0. The minimum Gasteiger partial charge on any atom is -0.330 e. The highest BCUT2D eigenvalue weighted by Gasteiger charge is 2.30. The monoisotopic (exact) mass is 471 g/mol. The first kappa shape index (κ1) is 24.3. The van der Waals surface area contributed by atoms with E-state index in [1.165, 1.54) is 12.1 Å². The van der Waals surface area contributed by atoms with Gasteiger partial charge in [-0.15, -0.1) is 0 Å². The van der Waals surface area contributed by atoms with Gasteiger partial charge in [-0.25, -0.2) is 9.99 Å². The Bertz CT molecular complexity index is 1340. The smallest absolute Gasteiger partial charge is 0.269 e. The van der Waals surface area contributed by atoms with Crippen molar-refractivity contribution in [1.82, 2.24) is 14.6 Å². The molecule has 3 aromatic carbocycles. The number of nitrogens with two attached hydrogens (primary N) is 1. The van der Waals surface area contributed by atoms with E-state index < -0.39 is 10.3 Å². The number of aromatic nitrogens is 2. The van der Waals surface area contributed by atoms with E-state index >= 15 is 0 Å². The van der Waals surface area contributed by atoms with Crippen molar-refractivity contribution >= 4 is 22.2 Å². The number of non-ortho nitro benzene ring substituents is 1. The zero-order chi connectivity index (χ0) is 25.0. The predicted molar refractivity (Wildman–Crippen MR) is 135 cm³/mol. The third kappa shape index (κ3) is 5.79. The number of nitro benzene ring substituents is 1. The summed E-state index contributed by atoms with van der Waals surface area (Å²) in [4.78, 5) is 27.9. The number of Topliss-reactive ketones (excluding diaryl/α,β-unsaturated/α-hetero) is 1. The number of carbonyl (C=O) groups is 1. The maximum Gasteiger partial charge on any atom is 0.269 e. The van der Waals surface area contributed by atoms with Crippen LogP contribution in [-0.2, 0) is 24.3 Å². The largest absolute Gasteiger partial charge is 0.330 e. The van der Waals surface area contributed by atoms with Gasteiger partial charge in [0.15, 0.2) is 0 Å². The highest BCUT2D eigenvalue weighted by molar-refractivity contribution is 5.86. The second kappa shape index (κ2) is 10.2. The van der Waals surface area contributed by atoms with Gasteiger partial charge in [-0.2, -0.15) is 0 Å². The van der Waals surface area contributed by atoms with Gasteiger partial charge in [0.05, 0.1) is 11.3 Å². The van der Waals surface area contributed by atoms with Gasteiger partial charge in [0.2, 0.25) is 0 Å². The molecule has 0 aliphatic carbocycles. The number of fused-ring (bicyclic) bond motifs is 1. The molecule has 1 heterocycles. The van der Waals surface area contributed by atoms with E-state index in [4.69, 9.17) is 5.84 Å². The Labute approximate surface area is 204 Å². The summed E-state index contributed by atoms with van der Waals surface area (Å²) in [6.45, 7) is 5.25. The zero-order valence-corrected chi connectivity index (χ0v) is 19.9. The van der Waals surface area contributed by atoms with Gasteiger partial charge in [0.1, 0.15) is 5.78 Å². The maximum absolute atomic E-state index is 13.3. The number of rotatable bonds is 10. The lowest BCUT2D eigenvalue weighted by molar-refractivity contribution is -0.384. The highest BCUT2D eigenvalue weighted by Crippen LogP contribution is 2.24. The van der Waals surface area contributed by atoms with Crippen LogP contribution >= 0.6 is 0 Å². The van der Waals surface area contributed by atoms with Gasteiger partial charge >= 0.3 is 0 Å². The Morgan fingerprint density at radius 3 is 2.54 bits per heavy atom. The minimum absolute atomic E-state index is 0.0476. The summed E-state index contributed by atoms with van der Waals surface area (Å²) >= 11 is 0. The molecule has 2 N–H and O–H groups in total.